The Balaban J connectivity index is 0.000000159. The Morgan fingerprint density at radius 1 is 0.500 bits per heavy atom. The van der Waals surface area contributed by atoms with Gasteiger partial charge in [0.25, 0.3) is 5.89 Å². The molecule has 21 heteroatoms. The van der Waals surface area contributed by atoms with Crippen LogP contribution in [-0.4, -0.2) is 55.8 Å². The maximum absolute atomic E-state index is 14.2. The third kappa shape index (κ3) is 7.69. The minimum absolute atomic E-state index is 0.0126. The van der Waals surface area contributed by atoms with Crippen molar-refractivity contribution in [2.24, 2.45) is 14.1 Å². The number of hydrogen-bond acceptors (Lipinski definition) is 10. The summed E-state index contributed by atoms with van der Waals surface area (Å²) in [5.41, 5.74) is -4.25. The largest absolute Gasteiger partial charge is 0.424 e. The highest BCUT2D eigenvalue weighted by atomic mass is 19.4. The molecule has 2 aromatic carbocycles. The molecular weight excluding hydrogens is 908 g/mol. The number of hydrogen-bond donors (Lipinski definition) is 0. The van der Waals surface area contributed by atoms with Crippen LogP contribution < -0.4 is 0 Å². The molecule has 0 atom stereocenters. The summed E-state index contributed by atoms with van der Waals surface area (Å²) in [6.07, 6.45) is -0.283. The molecule has 362 valence electrons. The van der Waals surface area contributed by atoms with E-state index in [1.165, 1.54) is 38.1 Å². The van der Waals surface area contributed by atoms with Crippen LogP contribution in [0.3, 0.4) is 0 Å². The smallest absolute Gasteiger partial charge is 0.417 e. The van der Waals surface area contributed by atoms with Crippen LogP contribution in [0.1, 0.15) is 156 Å². The molecule has 68 heavy (non-hydrogen) atoms. The summed E-state index contributed by atoms with van der Waals surface area (Å²) in [5.74, 6) is 0.0559. The van der Waals surface area contributed by atoms with E-state index < -0.39 is 35.1 Å². The second kappa shape index (κ2) is 15.7. The molecule has 0 radical (unpaired) electrons. The first kappa shape index (κ1) is 46.1. The van der Waals surface area contributed by atoms with E-state index >= 15 is 0 Å². The average Bonchev–Trinajstić information content (AvgIpc) is 4.14. The Morgan fingerprint density at radius 3 is 1.26 bits per heavy atom. The van der Waals surface area contributed by atoms with E-state index in [2.05, 4.69) is 40.8 Å². The average molecular weight is 957 g/mol. The van der Waals surface area contributed by atoms with Gasteiger partial charge in [-0.05, 0) is 103 Å². The van der Waals surface area contributed by atoms with E-state index in [1.807, 2.05) is 0 Å². The number of benzene rings is 2. The van der Waals surface area contributed by atoms with Crippen molar-refractivity contribution in [1.29, 1.82) is 0 Å². The first-order chi connectivity index (χ1) is 32.0. The molecule has 7 fully saturated rings. The number of halogens is 9. The van der Waals surface area contributed by atoms with Crippen LogP contribution >= 0.6 is 0 Å². The van der Waals surface area contributed by atoms with Crippen LogP contribution in [0.5, 0.6) is 0 Å². The molecule has 6 aromatic rings. The van der Waals surface area contributed by atoms with Crippen LogP contribution in [0.2, 0.25) is 0 Å². The van der Waals surface area contributed by atoms with Gasteiger partial charge in [-0.25, -0.2) is 13.2 Å². The lowest BCUT2D eigenvalue weighted by molar-refractivity contribution is -0.138. The normalized spacial score (nSPS) is 27.0. The van der Waals surface area contributed by atoms with Gasteiger partial charge in [0.2, 0.25) is 23.6 Å². The zero-order valence-electron chi connectivity index (χ0n) is 37.8. The molecule has 4 bridgehead atoms. The highest BCUT2D eigenvalue weighted by Gasteiger charge is 2.57. The summed E-state index contributed by atoms with van der Waals surface area (Å²) in [5, 5.41) is 33.5. The Labute approximate surface area is 384 Å². The van der Waals surface area contributed by atoms with Gasteiger partial charge in [-0.15, -0.1) is 40.8 Å². The number of alkyl halides is 9. The Kier molecular flexibility index (Phi) is 10.6. The predicted molar refractivity (Wildman–Crippen MR) is 225 cm³/mol. The SMILES string of the molecule is Cn1c(-c2ccccc2C(F)(F)F)nnc1C12CCC(c3nnc(C(C)(C)F)o3)(CC1)CC2.Cn1c(-c2ccccc2C(F)(F)F)nnc1C12CCC(c3nnc(C4CC(F)(F)C4)o3)(CC1)CC2. The first-order valence-corrected chi connectivity index (χ1v) is 22.9. The van der Waals surface area contributed by atoms with E-state index in [1.54, 1.807) is 35.4 Å². The lowest BCUT2D eigenvalue weighted by atomic mass is 9.53. The fraction of sp³-hybridized carbons (Fsp3) is 0.574. The standard InChI is InChI=1S/C24H24F5N5O.C23H25F4N5O/c1-34-17(15-4-2-3-5-16(15)24(27,28)29)30-32-19(34)21-6-9-22(10-7-21,11-8-21)20-33-31-18(35-20)14-12-23(25,26)13-14;1-20(2,24)18-30-31-19(33-18)22-11-8-21(9-12-22,10-13-22)17-29-28-16(32(17)3)14-6-4-5-7-15(14)23(25,26)27/h2-5,14H,6-13H2,1H3;4-7H,8-13H2,1-3H3. The van der Waals surface area contributed by atoms with Gasteiger partial charge in [0.1, 0.15) is 11.6 Å². The van der Waals surface area contributed by atoms with Crippen LogP contribution in [0, 0.1) is 0 Å². The van der Waals surface area contributed by atoms with Gasteiger partial charge >= 0.3 is 12.4 Å². The van der Waals surface area contributed by atoms with E-state index in [9.17, 15) is 39.5 Å². The molecule has 0 amide bonds. The number of rotatable bonds is 8. The third-order valence-corrected chi connectivity index (χ3v) is 15.9. The van der Waals surface area contributed by atoms with Gasteiger partial charge in [-0.2, -0.15) is 26.3 Å². The van der Waals surface area contributed by atoms with Gasteiger partial charge in [0, 0.05) is 65.6 Å². The Morgan fingerprint density at radius 2 is 0.882 bits per heavy atom. The van der Waals surface area contributed by atoms with Crippen molar-refractivity contribution in [1.82, 2.24) is 49.9 Å². The number of fused-ring (bicyclic) bond motifs is 6. The quantitative estimate of drug-likeness (QED) is 0.135. The molecule has 13 rings (SSSR count). The predicted octanol–water partition coefficient (Wildman–Crippen LogP) is 11.6. The fourth-order valence-corrected chi connectivity index (χ4v) is 11.7. The maximum atomic E-state index is 14.2. The highest BCUT2D eigenvalue weighted by molar-refractivity contribution is 5.62. The summed E-state index contributed by atoms with van der Waals surface area (Å²) < 4.78 is 137. The summed E-state index contributed by atoms with van der Waals surface area (Å²) in [6.45, 7) is 2.77. The van der Waals surface area contributed by atoms with Gasteiger partial charge in [-0.1, -0.05) is 36.4 Å². The topological polar surface area (TPSA) is 139 Å². The van der Waals surface area contributed by atoms with E-state index in [4.69, 9.17) is 8.83 Å². The molecule has 12 nitrogen and oxygen atoms in total. The fourth-order valence-electron chi connectivity index (χ4n) is 11.7. The van der Waals surface area contributed by atoms with Gasteiger partial charge in [0.05, 0.1) is 11.1 Å². The van der Waals surface area contributed by atoms with Crippen molar-refractivity contribution < 1.29 is 48.3 Å². The Hall–Kier alpha value is -5.63. The van der Waals surface area contributed by atoms with Crippen LogP contribution in [0.4, 0.5) is 39.5 Å². The number of nitrogens with zero attached hydrogens (tertiary/aromatic N) is 10. The molecule has 0 aliphatic heterocycles. The second-order valence-electron chi connectivity index (χ2n) is 20.3. The highest BCUT2D eigenvalue weighted by Crippen LogP contribution is 2.60. The lowest BCUT2D eigenvalue weighted by Gasteiger charge is -2.51. The number of aromatic nitrogens is 10. The molecule has 0 saturated heterocycles. The zero-order valence-corrected chi connectivity index (χ0v) is 37.8. The molecule has 7 aliphatic rings. The summed E-state index contributed by atoms with van der Waals surface area (Å²) in [6, 6.07) is 10.9. The van der Waals surface area contributed by atoms with Crippen LogP contribution in [0.25, 0.3) is 22.8 Å². The van der Waals surface area contributed by atoms with Gasteiger partial charge < -0.3 is 18.0 Å². The van der Waals surface area contributed by atoms with Crippen LogP contribution in [-0.2, 0) is 53.8 Å². The third-order valence-electron chi connectivity index (χ3n) is 15.9. The molecule has 0 N–H and O–H groups in total. The molecular formula is C47H49F9N10O2. The molecule has 7 saturated carbocycles. The molecule has 0 unspecified atom stereocenters. The second-order valence-corrected chi connectivity index (χ2v) is 20.3. The summed E-state index contributed by atoms with van der Waals surface area (Å²) in [4.78, 5) is 0. The molecule has 4 heterocycles. The molecule has 7 aliphatic carbocycles. The minimum Gasteiger partial charge on any atom is -0.424 e. The van der Waals surface area contributed by atoms with Crippen molar-refractivity contribution in [3.05, 3.63) is 94.9 Å². The van der Waals surface area contributed by atoms with Gasteiger partial charge in [-0.3, -0.25) is 0 Å². The minimum atomic E-state index is -4.49. The van der Waals surface area contributed by atoms with Crippen molar-refractivity contribution in [3.63, 3.8) is 0 Å². The Bertz CT molecular complexity index is 2790. The zero-order chi connectivity index (χ0) is 48.3. The van der Waals surface area contributed by atoms with Crippen molar-refractivity contribution >= 4 is 0 Å². The van der Waals surface area contributed by atoms with E-state index in [0.29, 0.717) is 29.3 Å². The van der Waals surface area contributed by atoms with E-state index in [0.717, 1.165) is 89.2 Å². The lowest BCUT2D eigenvalue weighted by Crippen LogP contribution is -2.47. The molecule has 4 aromatic heterocycles. The van der Waals surface area contributed by atoms with Crippen molar-refractivity contribution in [2.45, 2.75) is 155 Å². The summed E-state index contributed by atoms with van der Waals surface area (Å²) in [7, 11) is 3.46. The monoisotopic (exact) mass is 956 g/mol. The van der Waals surface area contributed by atoms with Crippen molar-refractivity contribution in [2.75, 3.05) is 0 Å². The van der Waals surface area contributed by atoms with Crippen molar-refractivity contribution in [3.8, 4) is 22.8 Å². The van der Waals surface area contributed by atoms with E-state index in [-0.39, 0.29) is 69.1 Å². The molecule has 0 spiro atoms. The van der Waals surface area contributed by atoms with Crippen LogP contribution in [0.15, 0.2) is 57.4 Å². The summed E-state index contributed by atoms with van der Waals surface area (Å²) >= 11 is 0. The maximum Gasteiger partial charge on any atom is 0.417 e. The first-order valence-electron chi connectivity index (χ1n) is 22.9. The van der Waals surface area contributed by atoms with Gasteiger partial charge in [0.15, 0.2) is 17.3 Å².